The van der Waals surface area contributed by atoms with Crippen LogP contribution in [0.4, 0.5) is 0 Å². The van der Waals surface area contributed by atoms with Crippen molar-refractivity contribution in [3.05, 3.63) is 65.2 Å². The van der Waals surface area contributed by atoms with E-state index in [2.05, 4.69) is 6.92 Å². The third-order valence-corrected chi connectivity index (χ3v) is 10.4. The van der Waals surface area contributed by atoms with E-state index in [1.54, 1.807) is 12.1 Å². The zero-order chi connectivity index (χ0) is 31.5. The summed E-state index contributed by atoms with van der Waals surface area (Å²) in [6.07, 6.45) is 6.14. The van der Waals surface area contributed by atoms with Crippen LogP contribution < -0.4 is 0 Å². The molecule has 2 saturated carbocycles. The summed E-state index contributed by atoms with van der Waals surface area (Å²) in [4.78, 5) is 13.8. The molecule has 2 N–H and O–H groups in total. The summed E-state index contributed by atoms with van der Waals surface area (Å²) in [7, 11) is 0. The molecule has 2 fully saturated rings. The lowest BCUT2D eigenvalue weighted by Crippen LogP contribution is -2.49. The van der Waals surface area contributed by atoms with Gasteiger partial charge in [0, 0.05) is 18.1 Å². The molecule has 0 heterocycles. The van der Waals surface area contributed by atoms with E-state index in [0.717, 1.165) is 56.1 Å². The molecule has 248 valence electrons. The molecule has 0 aliphatic heterocycles. The molecule has 3 aliphatic rings. The van der Waals surface area contributed by atoms with E-state index in [4.69, 9.17) is 23.7 Å². The Bertz CT molecular complexity index is 1190. The second-order valence-corrected chi connectivity index (χ2v) is 13.2. The number of benzene rings is 2. The van der Waals surface area contributed by atoms with Gasteiger partial charge in [0.05, 0.1) is 65.6 Å². The van der Waals surface area contributed by atoms with E-state index >= 15 is 0 Å². The summed E-state index contributed by atoms with van der Waals surface area (Å²) in [5.41, 5.74) is 2.86. The lowest BCUT2D eigenvalue weighted by atomic mass is 9.51. The average molecular weight is 625 g/mol. The minimum atomic E-state index is -0.280. The van der Waals surface area contributed by atoms with Crippen molar-refractivity contribution in [3.63, 3.8) is 0 Å². The highest BCUT2D eigenvalue weighted by Crippen LogP contribution is 2.62. The Hall–Kier alpha value is -2.33. The van der Waals surface area contributed by atoms with Crippen molar-refractivity contribution >= 4 is 5.78 Å². The third-order valence-electron chi connectivity index (χ3n) is 10.4. The van der Waals surface area contributed by atoms with Crippen LogP contribution >= 0.6 is 0 Å². The first-order chi connectivity index (χ1) is 22.0. The zero-order valence-corrected chi connectivity index (χ0v) is 26.9. The van der Waals surface area contributed by atoms with Gasteiger partial charge in [0.25, 0.3) is 0 Å². The Kier molecular flexibility index (Phi) is 12.9. The summed E-state index contributed by atoms with van der Waals surface area (Å²) >= 11 is 0. The maximum absolute atomic E-state index is 13.8. The molecule has 6 atom stereocenters. The lowest BCUT2D eigenvalue weighted by Gasteiger charge is -2.52. The van der Waals surface area contributed by atoms with Gasteiger partial charge in [0.2, 0.25) is 0 Å². The number of unbranched alkanes of at least 4 members (excludes halogenated alkanes) is 1. The van der Waals surface area contributed by atoms with Crippen LogP contribution in [0.5, 0.6) is 5.75 Å². The maximum Gasteiger partial charge on any atom is 0.166 e. The normalized spacial score (nSPS) is 27.2. The summed E-state index contributed by atoms with van der Waals surface area (Å²) in [6.45, 7) is 7.72. The fourth-order valence-electron chi connectivity index (χ4n) is 8.08. The molecular formula is C37H52O8. The van der Waals surface area contributed by atoms with E-state index in [9.17, 15) is 15.0 Å². The highest BCUT2D eigenvalue weighted by Gasteiger charge is 2.58. The van der Waals surface area contributed by atoms with Gasteiger partial charge in [0.1, 0.15) is 5.75 Å². The molecule has 45 heavy (non-hydrogen) atoms. The van der Waals surface area contributed by atoms with Gasteiger partial charge in [-0.05, 0) is 85.0 Å². The molecule has 0 amide bonds. The fraction of sp³-hybridized carbons (Fsp3) is 0.649. The van der Waals surface area contributed by atoms with Crippen LogP contribution in [0.2, 0.25) is 0 Å². The molecule has 0 radical (unpaired) electrons. The van der Waals surface area contributed by atoms with E-state index in [1.165, 1.54) is 0 Å². The molecule has 2 aromatic carbocycles. The van der Waals surface area contributed by atoms with E-state index in [0.29, 0.717) is 83.5 Å². The van der Waals surface area contributed by atoms with Crippen LogP contribution in [0.25, 0.3) is 0 Å². The van der Waals surface area contributed by atoms with Crippen LogP contribution in [0.15, 0.2) is 48.5 Å². The molecular weight excluding hydrogens is 572 g/mol. The maximum atomic E-state index is 13.8. The summed E-state index contributed by atoms with van der Waals surface area (Å²) in [5.74, 6) is 1.19. The number of phenols is 1. The molecule has 3 aliphatic carbocycles. The van der Waals surface area contributed by atoms with Crippen LogP contribution in [-0.2, 0) is 30.3 Å². The van der Waals surface area contributed by atoms with Crippen molar-refractivity contribution in [1.29, 1.82) is 0 Å². The largest absolute Gasteiger partial charge is 0.508 e. The fourth-order valence-corrected chi connectivity index (χ4v) is 8.08. The Morgan fingerprint density at radius 3 is 2.11 bits per heavy atom. The van der Waals surface area contributed by atoms with Crippen LogP contribution in [0.3, 0.4) is 0 Å². The van der Waals surface area contributed by atoms with Crippen LogP contribution in [0, 0.1) is 23.2 Å². The number of rotatable bonds is 19. The van der Waals surface area contributed by atoms with Crippen molar-refractivity contribution in [1.82, 2.24) is 0 Å². The van der Waals surface area contributed by atoms with Gasteiger partial charge < -0.3 is 33.9 Å². The smallest absolute Gasteiger partial charge is 0.166 e. The number of hydrogen-bond donors (Lipinski definition) is 2. The number of carbonyl (C=O) groups is 1. The van der Waals surface area contributed by atoms with Crippen molar-refractivity contribution < 1.29 is 38.7 Å². The molecule has 5 rings (SSSR count). The van der Waals surface area contributed by atoms with E-state index < -0.39 is 0 Å². The molecule has 0 bridgehead atoms. The topological polar surface area (TPSA) is 104 Å². The molecule has 0 spiro atoms. The predicted octanol–water partition coefficient (Wildman–Crippen LogP) is 5.93. The number of phenolic OH excluding ortho intramolecular Hbond substituents is 1. The number of ketones is 1. The predicted molar refractivity (Wildman–Crippen MR) is 171 cm³/mol. The first-order valence-electron chi connectivity index (χ1n) is 17.0. The second-order valence-electron chi connectivity index (χ2n) is 13.2. The van der Waals surface area contributed by atoms with E-state index in [1.807, 2.05) is 36.4 Å². The molecule has 2 aromatic rings. The minimum absolute atomic E-state index is 0.0686. The highest BCUT2D eigenvalue weighted by atomic mass is 16.6. The summed E-state index contributed by atoms with van der Waals surface area (Å²) < 4.78 is 28.1. The first-order valence-corrected chi connectivity index (χ1v) is 17.0. The molecule has 8 heteroatoms. The number of aliphatic hydroxyl groups excluding tert-OH is 1. The number of ether oxygens (including phenoxy) is 5. The first kappa shape index (κ1) is 34.0. The van der Waals surface area contributed by atoms with Crippen LogP contribution in [0.1, 0.15) is 79.3 Å². The SMILES string of the molecule is CC12CCC3c4ccc(O)cc4C(=O)C(CCCCOCCOCCOCCOCCOCc4ccccc4)C3C1CCC2O. The quantitative estimate of drug-likeness (QED) is 0.186. The van der Waals surface area contributed by atoms with E-state index in [-0.39, 0.29) is 34.9 Å². The lowest BCUT2D eigenvalue weighted by molar-refractivity contribution is -0.0353. The van der Waals surface area contributed by atoms with Crippen molar-refractivity contribution in [3.8, 4) is 5.75 Å². The summed E-state index contributed by atoms with van der Waals surface area (Å²) in [6, 6.07) is 15.4. The van der Waals surface area contributed by atoms with Gasteiger partial charge in [0.15, 0.2) is 5.78 Å². The van der Waals surface area contributed by atoms with Crippen molar-refractivity contribution in [2.45, 2.75) is 70.5 Å². The van der Waals surface area contributed by atoms with Gasteiger partial charge in [-0.15, -0.1) is 0 Å². The zero-order valence-electron chi connectivity index (χ0n) is 26.9. The monoisotopic (exact) mass is 624 g/mol. The number of Topliss-reactive ketones (excluding diaryl/α,β-unsaturated/α-hetero) is 1. The van der Waals surface area contributed by atoms with Crippen molar-refractivity contribution in [2.24, 2.45) is 23.2 Å². The van der Waals surface area contributed by atoms with Gasteiger partial charge in [-0.1, -0.05) is 49.7 Å². The minimum Gasteiger partial charge on any atom is -0.508 e. The number of fused-ring (bicyclic) bond motifs is 5. The Labute approximate surface area is 268 Å². The van der Waals surface area contributed by atoms with Gasteiger partial charge in [-0.25, -0.2) is 0 Å². The summed E-state index contributed by atoms with van der Waals surface area (Å²) in [5, 5.41) is 21.0. The number of carbonyl (C=O) groups excluding carboxylic acids is 1. The van der Waals surface area contributed by atoms with Gasteiger partial charge >= 0.3 is 0 Å². The Morgan fingerprint density at radius 1 is 0.778 bits per heavy atom. The number of aromatic hydroxyl groups is 1. The number of aliphatic hydroxyl groups is 1. The molecule has 0 aromatic heterocycles. The van der Waals surface area contributed by atoms with Crippen molar-refractivity contribution in [2.75, 3.05) is 59.5 Å². The standard InChI is InChI=1S/C37H52O8/c1-37-15-14-30-29-11-10-28(38)25-32(29)36(40)31(35(30)33(37)12-13-34(37)39)9-5-6-16-41-17-18-42-19-20-43-21-22-44-23-24-45-26-27-7-3-2-4-8-27/h2-4,7-8,10-11,25,30-31,33-35,38-39H,5-6,9,12-24,26H2,1H3. The second kappa shape index (κ2) is 17.0. The highest BCUT2D eigenvalue weighted by molar-refractivity contribution is 6.01. The average Bonchev–Trinajstić information content (AvgIpc) is 3.36. The molecule has 8 nitrogen and oxygen atoms in total. The molecule has 0 saturated heterocycles. The van der Waals surface area contributed by atoms with Gasteiger partial charge in [-0.3, -0.25) is 4.79 Å². The third kappa shape index (κ3) is 8.73. The Morgan fingerprint density at radius 2 is 1.42 bits per heavy atom. The molecule has 6 unspecified atom stereocenters. The Balaban J connectivity index is 0.912. The van der Waals surface area contributed by atoms with Crippen LogP contribution in [-0.4, -0.2) is 81.6 Å². The van der Waals surface area contributed by atoms with Gasteiger partial charge in [-0.2, -0.15) is 0 Å². The number of hydrogen-bond acceptors (Lipinski definition) is 8.